The molecular weight excluding hydrogens is 408 g/mol. The van der Waals surface area contributed by atoms with Crippen LogP contribution in [0.1, 0.15) is 17.5 Å². The Morgan fingerprint density at radius 2 is 2.16 bits per heavy atom. The zero-order valence-electron chi connectivity index (χ0n) is 13.1. The quantitative estimate of drug-likeness (QED) is 0.450. The number of phenols is 1. The zero-order valence-corrected chi connectivity index (χ0v) is 15.5. The molecule has 2 aromatic carbocycles. The van der Waals surface area contributed by atoms with E-state index in [-0.39, 0.29) is 11.4 Å². The molecule has 1 heterocycles. The van der Waals surface area contributed by atoms with E-state index < -0.39 is 4.92 Å². The number of nitro groups is 1. The fourth-order valence-electron chi connectivity index (χ4n) is 2.24. The first kappa shape index (κ1) is 17.4. The second-order valence-corrected chi connectivity index (χ2v) is 6.99. The monoisotopic (exact) mass is 420 g/mol. The third kappa shape index (κ3) is 3.80. The molecule has 0 bridgehead atoms. The SMILES string of the molecule is CCOc1cc(C=Cc2nc3ccc([N+](=O)[O-])cc3s2)cc(Br)c1O. The van der Waals surface area contributed by atoms with Crippen molar-refractivity contribution < 1.29 is 14.8 Å². The van der Waals surface area contributed by atoms with E-state index in [0.717, 1.165) is 20.8 Å². The number of hydrogen-bond donors (Lipinski definition) is 1. The van der Waals surface area contributed by atoms with Gasteiger partial charge in [-0.1, -0.05) is 6.08 Å². The van der Waals surface area contributed by atoms with Crippen LogP contribution in [0.25, 0.3) is 22.4 Å². The summed E-state index contributed by atoms with van der Waals surface area (Å²) in [6, 6.07) is 8.12. The van der Waals surface area contributed by atoms with Crippen molar-refractivity contribution in [2.45, 2.75) is 6.92 Å². The first-order chi connectivity index (χ1) is 12.0. The van der Waals surface area contributed by atoms with Gasteiger partial charge in [-0.25, -0.2) is 4.98 Å². The summed E-state index contributed by atoms with van der Waals surface area (Å²) in [5, 5.41) is 21.5. The van der Waals surface area contributed by atoms with Gasteiger partial charge in [0.15, 0.2) is 11.5 Å². The predicted molar refractivity (Wildman–Crippen MR) is 102 cm³/mol. The molecule has 25 heavy (non-hydrogen) atoms. The summed E-state index contributed by atoms with van der Waals surface area (Å²) in [4.78, 5) is 14.9. The lowest BCUT2D eigenvalue weighted by molar-refractivity contribution is -0.384. The summed E-state index contributed by atoms with van der Waals surface area (Å²) in [6.07, 6.45) is 3.67. The molecule has 0 radical (unpaired) electrons. The lowest BCUT2D eigenvalue weighted by Gasteiger charge is -2.08. The first-order valence-corrected chi connectivity index (χ1v) is 8.97. The summed E-state index contributed by atoms with van der Waals surface area (Å²) in [6.45, 7) is 2.29. The normalized spacial score (nSPS) is 11.3. The summed E-state index contributed by atoms with van der Waals surface area (Å²) in [7, 11) is 0. The molecule has 0 spiro atoms. The van der Waals surface area contributed by atoms with Crippen LogP contribution >= 0.6 is 27.3 Å². The Labute approximate surface area is 155 Å². The van der Waals surface area contributed by atoms with Crippen molar-refractivity contribution in [2.24, 2.45) is 0 Å². The van der Waals surface area contributed by atoms with E-state index in [4.69, 9.17) is 4.74 Å². The van der Waals surface area contributed by atoms with Gasteiger partial charge in [0.05, 0.1) is 26.2 Å². The minimum Gasteiger partial charge on any atom is -0.503 e. The van der Waals surface area contributed by atoms with E-state index in [0.29, 0.717) is 16.8 Å². The minimum atomic E-state index is -0.419. The second kappa shape index (κ2) is 7.20. The van der Waals surface area contributed by atoms with Crippen molar-refractivity contribution in [1.82, 2.24) is 4.98 Å². The molecule has 0 unspecified atom stereocenters. The molecule has 0 amide bonds. The Hall–Kier alpha value is -2.45. The van der Waals surface area contributed by atoms with Gasteiger partial charge >= 0.3 is 0 Å². The van der Waals surface area contributed by atoms with E-state index in [1.807, 2.05) is 19.1 Å². The number of hydrogen-bond acceptors (Lipinski definition) is 6. The molecule has 8 heteroatoms. The number of nitro benzene ring substituents is 1. The van der Waals surface area contributed by atoms with Crippen LogP contribution in [0.5, 0.6) is 11.5 Å². The summed E-state index contributed by atoms with van der Waals surface area (Å²) < 4.78 is 6.70. The third-order valence-electron chi connectivity index (χ3n) is 3.37. The van der Waals surface area contributed by atoms with Crippen LogP contribution in [0.15, 0.2) is 34.8 Å². The van der Waals surface area contributed by atoms with Gasteiger partial charge in [0, 0.05) is 12.1 Å². The number of halogens is 1. The van der Waals surface area contributed by atoms with Gasteiger partial charge in [0.25, 0.3) is 5.69 Å². The number of non-ortho nitro benzene ring substituents is 1. The van der Waals surface area contributed by atoms with E-state index in [2.05, 4.69) is 20.9 Å². The molecule has 0 aliphatic heterocycles. The molecule has 0 aliphatic rings. The Morgan fingerprint density at radius 1 is 1.36 bits per heavy atom. The Morgan fingerprint density at radius 3 is 2.88 bits per heavy atom. The van der Waals surface area contributed by atoms with E-state index >= 15 is 0 Å². The molecule has 3 rings (SSSR count). The van der Waals surface area contributed by atoms with Gasteiger partial charge in [-0.2, -0.15) is 0 Å². The zero-order chi connectivity index (χ0) is 18.0. The molecule has 0 saturated heterocycles. The van der Waals surface area contributed by atoms with Crippen LogP contribution in [-0.2, 0) is 0 Å². The van der Waals surface area contributed by atoms with Crippen molar-refractivity contribution in [3.05, 3.63) is 55.5 Å². The van der Waals surface area contributed by atoms with E-state index in [9.17, 15) is 15.2 Å². The fourth-order valence-corrected chi connectivity index (χ4v) is 3.60. The number of aromatic hydroxyl groups is 1. The lowest BCUT2D eigenvalue weighted by Crippen LogP contribution is -1.92. The number of ether oxygens (including phenoxy) is 1. The standard InChI is InChI=1S/C17H13BrN2O4S/c1-2-24-14-8-10(7-12(18)17(14)21)3-6-16-19-13-5-4-11(20(22)23)9-15(13)25-16/h3-9,21H,2H2,1H3. The van der Waals surface area contributed by atoms with Crippen LogP contribution in [0.2, 0.25) is 0 Å². The average molecular weight is 421 g/mol. The number of phenolic OH excluding ortho intramolecular Hbond substituents is 1. The maximum absolute atomic E-state index is 10.8. The number of benzene rings is 2. The van der Waals surface area contributed by atoms with Gasteiger partial charge < -0.3 is 9.84 Å². The van der Waals surface area contributed by atoms with Crippen LogP contribution in [0.4, 0.5) is 5.69 Å². The molecule has 128 valence electrons. The summed E-state index contributed by atoms with van der Waals surface area (Å²) >= 11 is 4.68. The third-order valence-corrected chi connectivity index (χ3v) is 4.96. The van der Waals surface area contributed by atoms with Gasteiger partial charge in [-0.3, -0.25) is 10.1 Å². The molecule has 0 saturated carbocycles. The molecule has 3 aromatic rings. The Balaban J connectivity index is 1.91. The smallest absolute Gasteiger partial charge is 0.270 e. The van der Waals surface area contributed by atoms with Gasteiger partial charge in [-0.05, 0) is 52.7 Å². The van der Waals surface area contributed by atoms with Crippen LogP contribution < -0.4 is 4.74 Å². The summed E-state index contributed by atoms with van der Waals surface area (Å²) in [5.74, 6) is 0.461. The average Bonchev–Trinajstić information content (AvgIpc) is 2.99. The number of aromatic nitrogens is 1. The van der Waals surface area contributed by atoms with Crippen molar-refractivity contribution in [2.75, 3.05) is 6.61 Å². The maximum Gasteiger partial charge on any atom is 0.270 e. The fraction of sp³-hybridized carbons (Fsp3) is 0.118. The Kier molecular flexibility index (Phi) is 5.00. The highest BCUT2D eigenvalue weighted by Crippen LogP contribution is 2.36. The molecule has 6 nitrogen and oxygen atoms in total. The Bertz CT molecular complexity index is 984. The van der Waals surface area contributed by atoms with Crippen LogP contribution in [-0.4, -0.2) is 21.6 Å². The largest absolute Gasteiger partial charge is 0.503 e. The van der Waals surface area contributed by atoms with Gasteiger partial charge in [0.1, 0.15) is 5.01 Å². The predicted octanol–water partition coefficient (Wildman–Crippen LogP) is 5.24. The maximum atomic E-state index is 10.8. The first-order valence-electron chi connectivity index (χ1n) is 7.36. The second-order valence-electron chi connectivity index (χ2n) is 5.08. The minimum absolute atomic E-state index is 0.0514. The van der Waals surface area contributed by atoms with E-state index in [1.165, 1.54) is 23.5 Å². The molecule has 1 aromatic heterocycles. The highest BCUT2D eigenvalue weighted by molar-refractivity contribution is 9.10. The molecule has 0 aliphatic carbocycles. The van der Waals surface area contributed by atoms with Gasteiger partial charge in [0.2, 0.25) is 0 Å². The van der Waals surface area contributed by atoms with Crippen molar-refractivity contribution in [3.8, 4) is 11.5 Å². The highest BCUT2D eigenvalue weighted by Gasteiger charge is 2.10. The van der Waals surface area contributed by atoms with E-state index in [1.54, 1.807) is 18.2 Å². The van der Waals surface area contributed by atoms with Crippen molar-refractivity contribution >= 4 is 55.3 Å². The summed E-state index contributed by atoms with van der Waals surface area (Å²) in [5.41, 5.74) is 1.60. The molecular formula is C17H13BrN2O4S. The van der Waals surface area contributed by atoms with Gasteiger partial charge in [-0.15, -0.1) is 11.3 Å². The lowest BCUT2D eigenvalue weighted by atomic mass is 10.2. The number of nitrogens with zero attached hydrogens (tertiary/aromatic N) is 2. The number of thiazole rings is 1. The topological polar surface area (TPSA) is 85.5 Å². The van der Waals surface area contributed by atoms with Crippen LogP contribution in [0, 0.1) is 10.1 Å². The van der Waals surface area contributed by atoms with Crippen molar-refractivity contribution in [3.63, 3.8) is 0 Å². The number of fused-ring (bicyclic) bond motifs is 1. The van der Waals surface area contributed by atoms with Crippen LogP contribution in [0.3, 0.4) is 0 Å². The molecule has 1 N–H and O–H groups in total. The molecule has 0 atom stereocenters. The number of rotatable bonds is 5. The molecule has 0 fully saturated rings. The highest BCUT2D eigenvalue weighted by atomic mass is 79.9. The van der Waals surface area contributed by atoms with Crippen molar-refractivity contribution in [1.29, 1.82) is 0 Å².